The fraction of sp³-hybridized carbons (Fsp3) is 0.625. The number of aliphatic carboxylic acids is 1. The van der Waals surface area contributed by atoms with E-state index >= 15 is 0 Å². The van der Waals surface area contributed by atoms with E-state index in [0.29, 0.717) is 25.4 Å². The summed E-state index contributed by atoms with van der Waals surface area (Å²) in [5.74, 6) is -0.847. The zero-order valence-electron chi connectivity index (χ0n) is 13.2. The van der Waals surface area contributed by atoms with Crippen molar-refractivity contribution in [1.82, 2.24) is 10.2 Å². The Morgan fingerprint density at radius 1 is 1.36 bits per heavy atom. The van der Waals surface area contributed by atoms with Gasteiger partial charge in [-0.3, -0.25) is 14.5 Å². The SMILES string of the molecule is CCc1ccc(CNC(=O)CN2CC(C)CC(C(=O)O)C2)s1. The molecule has 1 aromatic heterocycles. The first-order valence-electron chi connectivity index (χ1n) is 7.77. The lowest BCUT2D eigenvalue weighted by Crippen LogP contribution is -2.46. The number of hydrogen-bond donors (Lipinski definition) is 2. The number of carboxylic acids is 1. The van der Waals surface area contributed by atoms with Crippen molar-refractivity contribution in [2.24, 2.45) is 11.8 Å². The van der Waals surface area contributed by atoms with Crippen LogP contribution in [-0.2, 0) is 22.6 Å². The number of rotatable bonds is 6. The Hall–Kier alpha value is -1.40. The van der Waals surface area contributed by atoms with Crippen molar-refractivity contribution < 1.29 is 14.7 Å². The number of amides is 1. The summed E-state index contributed by atoms with van der Waals surface area (Å²) in [5, 5.41) is 12.1. The molecule has 1 amide bonds. The average molecular weight is 324 g/mol. The van der Waals surface area contributed by atoms with Crippen molar-refractivity contribution >= 4 is 23.2 Å². The van der Waals surface area contributed by atoms with Gasteiger partial charge in [-0.15, -0.1) is 11.3 Å². The molecule has 2 heterocycles. The van der Waals surface area contributed by atoms with Crippen molar-refractivity contribution in [3.8, 4) is 0 Å². The number of nitrogens with one attached hydrogen (secondary N) is 1. The van der Waals surface area contributed by atoms with Gasteiger partial charge in [-0.1, -0.05) is 13.8 Å². The zero-order chi connectivity index (χ0) is 16.1. The third kappa shape index (κ3) is 4.81. The number of likely N-dealkylation sites (tertiary alicyclic amines) is 1. The molecule has 0 aliphatic carbocycles. The summed E-state index contributed by atoms with van der Waals surface area (Å²) in [6, 6.07) is 4.14. The normalized spacial score (nSPS) is 22.5. The molecule has 2 unspecified atom stereocenters. The first-order valence-corrected chi connectivity index (χ1v) is 8.59. The van der Waals surface area contributed by atoms with Crippen molar-refractivity contribution in [2.45, 2.75) is 33.2 Å². The highest BCUT2D eigenvalue weighted by atomic mass is 32.1. The van der Waals surface area contributed by atoms with E-state index < -0.39 is 5.97 Å². The molecule has 22 heavy (non-hydrogen) atoms. The summed E-state index contributed by atoms with van der Waals surface area (Å²) in [6.45, 7) is 6.24. The summed E-state index contributed by atoms with van der Waals surface area (Å²) in [5.41, 5.74) is 0. The maximum atomic E-state index is 12.0. The number of carboxylic acid groups (broad SMARTS) is 1. The summed E-state index contributed by atoms with van der Waals surface area (Å²) in [4.78, 5) is 27.6. The predicted octanol–water partition coefficient (Wildman–Crippen LogP) is 1.97. The van der Waals surface area contributed by atoms with E-state index in [9.17, 15) is 9.59 Å². The molecule has 2 rings (SSSR count). The first kappa shape index (κ1) is 17.0. The molecule has 1 fully saturated rings. The summed E-state index contributed by atoms with van der Waals surface area (Å²) in [7, 11) is 0. The molecule has 1 aromatic rings. The van der Waals surface area contributed by atoms with E-state index in [0.717, 1.165) is 17.8 Å². The van der Waals surface area contributed by atoms with Gasteiger partial charge in [-0.25, -0.2) is 0 Å². The number of aryl methyl sites for hydroxylation is 1. The zero-order valence-corrected chi connectivity index (χ0v) is 14.0. The van der Waals surface area contributed by atoms with Gasteiger partial charge in [0, 0.05) is 22.8 Å². The van der Waals surface area contributed by atoms with Gasteiger partial charge < -0.3 is 10.4 Å². The molecule has 122 valence electrons. The molecule has 0 radical (unpaired) electrons. The minimum Gasteiger partial charge on any atom is -0.481 e. The van der Waals surface area contributed by atoms with Crippen LogP contribution in [0.4, 0.5) is 0 Å². The maximum absolute atomic E-state index is 12.0. The Morgan fingerprint density at radius 2 is 2.09 bits per heavy atom. The Labute approximate surface area is 135 Å². The topological polar surface area (TPSA) is 69.6 Å². The van der Waals surface area contributed by atoms with E-state index in [1.165, 1.54) is 4.88 Å². The number of piperidine rings is 1. The highest BCUT2D eigenvalue weighted by molar-refractivity contribution is 7.11. The first-order chi connectivity index (χ1) is 10.5. The fourth-order valence-corrected chi connectivity index (χ4v) is 3.82. The van der Waals surface area contributed by atoms with E-state index in [1.807, 2.05) is 17.9 Å². The van der Waals surface area contributed by atoms with Crippen LogP contribution in [0.2, 0.25) is 0 Å². The van der Waals surface area contributed by atoms with Crippen LogP contribution in [0.15, 0.2) is 12.1 Å². The lowest BCUT2D eigenvalue weighted by atomic mass is 9.90. The number of thiophene rings is 1. The highest BCUT2D eigenvalue weighted by Crippen LogP contribution is 2.21. The van der Waals surface area contributed by atoms with Crippen LogP contribution < -0.4 is 5.32 Å². The van der Waals surface area contributed by atoms with Crippen LogP contribution in [0.1, 0.15) is 30.0 Å². The molecule has 5 nitrogen and oxygen atoms in total. The Kier molecular flexibility index (Phi) is 5.97. The predicted molar refractivity (Wildman–Crippen MR) is 86.9 cm³/mol. The molecule has 0 aromatic carbocycles. The molecule has 1 aliphatic rings. The highest BCUT2D eigenvalue weighted by Gasteiger charge is 2.30. The molecular weight excluding hydrogens is 300 g/mol. The number of hydrogen-bond acceptors (Lipinski definition) is 4. The van der Waals surface area contributed by atoms with Crippen LogP contribution in [0.5, 0.6) is 0 Å². The van der Waals surface area contributed by atoms with E-state index in [2.05, 4.69) is 18.3 Å². The van der Waals surface area contributed by atoms with Gasteiger partial charge in [0.15, 0.2) is 0 Å². The van der Waals surface area contributed by atoms with Crippen molar-refractivity contribution in [1.29, 1.82) is 0 Å². The third-order valence-electron chi connectivity index (χ3n) is 3.98. The molecule has 0 spiro atoms. The van der Waals surface area contributed by atoms with Crippen molar-refractivity contribution in [3.63, 3.8) is 0 Å². The lowest BCUT2D eigenvalue weighted by Gasteiger charge is -2.34. The molecule has 6 heteroatoms. The van der Waals surface area contributed by atoms with Gasteiger partial charge in [-0.05, 0) is 30.9 Å². The molecule has 1 aliphatic heterocycles. The minimum atomic E-state index is -0.761. The monoisotopic (exact) mass is 324 g/mol. The Morgan fingerprint density at radius 3 is 2.73 bits per heavy atom. The van der Waals surface area contributed by atoms with Gasteiger partial charge >= 0.3 is 5.97 Å². The fourth-order valence-electron chi connectivity index (χ4n) is 2.92. The molecule has 2 atom stereocenters. The average Bonchev–Trinajstić information content (AvgIpc) is 2.92. The molecule has 1 saturated heterocycles. The van der Waals surface area contributed by atoms with Gasteiger partial charge in [-0.2, -0.15) is 0 Å². The number of carbonyl (C=O) groups excluding carboxylic acids is 1. The standard InChI is InChI=1S/C16H24N2O3S/c1-3-13-4-5-14(22-13)7-17-15(19)10-18-8-11(2)6-12(9-18)16(20)21/h4-5,11-12H,3,6-10H2,1-2H3,(H,17,19)(H,20,21). The van der Waals surface area contributed by atoms with E-state index in [4.69, 9.17) is 5.11 Å². The Bertz CT molecular complexity index is 529. The number of carbonyl (C=O) groups is 2. The second-order valence-electron chi connectivity index (χ2n) is 6.07. The molecule has 0 bridgehead atoms. The van der Waals surface area contributed by atoms with Crippen LogP contribution in [0.25, 0.3) is 0 Å². The van der Waals surface area contributed by atoms with Crippen molar-refractivity contribution in [3.05, 3.63) is 21.9 Å². The smallest absolute Gasteiger partial charge is 0.307 e. The second kappa shape index (κ2) is 7.74. The summed E-state index contributed by atoms with van der Waals surface area (Å²) in [6.07, 6.45) is 1.71. The third-order valence-corrected chi connectivity index (χ3v) is 5.21. The summed E-state index contributed by atoms with van der Waals surface area (Å²) >= 11 is 1.72. The van der Waals surface area contributed by atoms with Crippen LogP contribution in [0.3, 0.4) is 0 Å². The quantitative estimate of drug-likeness (QED) is 0.839. The van der Waals surface area contributed by atoms with Gasteiger partial charge in [0.2, 0.25) is 5.91 Å². The largest absolute Gasteiger partial charge is 0.481 e. The molecular formula is C16H24N2O3S. The van der Waals surface area contributed by atoms with Crippen LogP contribution >= 0.6 is 11.3 Å². The summed E-state index contributed by atoms with van der Waals surface area (Å²) < 4.78 is 0. The van der Waals surface area contributed by atoms with Gasteiger partial charge in [0.25, 0.3) is 0 Å². The molecule has 2 N–H and O–H groups in total. The minimum absolute atomic E-state index is 0.0373. The van der Waals surface area contributed by atoms with Crippen LogP contribution in [0, 0.1) is 11.8 Å². The Balaban J connectivity index is 1.79. The van der Waals surface area contributed by atoms with Crippen molar-refractivity contribution in [2.75, 3.05) is 19.6 Å². The van der Waals surface area contributed by atoms with E-state index in [1.54, 1.807) is 11.3 Å². The molecule has 0 saturated carbocycles. The van der Waals surface area contributed by atoms with Gasteiger partial charge in [0.05, 0.1) is 19.0 Å². The second-order valence-corrected chi connectivity index (χ2v) is 7.32. The lowest BCUT2D eigenvalue weighted by molar-refractivity contribution is -0.145. The van der Waals surface area contributed by atoms with Crippen LogP contribution in [-0.4, -0.2) is 41.5 Å². The maximum Gasteiger partial charge on any atom is 0.307 e. The van der Waals surface area contributed by atoms with Gasteiger partial charge in [0.1, 0.15) is 0 Å². The number of nitrogens with zero attached hydrogens (tertiary/aromatic N) is 1. The van der Waals surface area contributed by atoms with E-state index in [-0.39, 0.29) is 18.4 Å².